The first-order valence-corrected chi connectivity index (χ1v) is 1.34. The van der Waals surface area contributed by atoms with E-state index in [2.05, 4.69) is 0 Å². The first-order chi connectivity index (χ1) is 2.41. The Morgan fingerprint density at radius 2 is 2.60 bits per heavy atom. The Balaban J connectivity index is 2.48. The van der Waals surface area contributed by atoms with Gasteiger partial charge in [-0.05, 0) is 0 Å². The molecule has 0 rings (SSSR count). The van der Waals surface area contributed by atoms with Crippen molar-refractivity contribution in [3.8, 4) is 6.07 Å². The second kappa shape index (κ2) is 3.48. The summed E-state index contributed by atoms with van der Waals surface area (Å²) in [6.45, 7) is 0. The first kappa shape index (κ1) is 4.48. The zero-order chi connectivity index (χ0) is 4.12. The lowest BCUT2D eigenvalue weighted by atomic mass is 10.0. The van der Waals surface area contributed by atoms with Crippen LogP contribution in [0.2, 0.25) is 6.32 Å². The van der Waals surface area contributed by atoms with Crippen LogP contribution < -0.4 is 0 Å². The molecule has 0 spiro atoms. The van der Waals surface area contributed by atoms with E-state index < -0.39 is 7.56 Å². The van der Waals surface area contributed by atoms with Crippen molar-refractivity contribution in [2.24, 2.45) is 0 Å². The first-order valence-electron chi connectivity index (χ1n) is 1.34. The van der Waals surface area contributed by atoms with E-state index in [4.69, 9.17) is 5.26 Å². The summed E-state index contributed by atoms with van der Waals surface area (Å²) in [5.41, 5.74) is 0. The minimum Gasteiger partial charge on any atom is -0.340 e. The lowest BCUT2D eigenvalue weighted by Crippen LogP contribution is -1.68. The standard InChI is InChI=1S/C2H3BFN/c4-3-1-2-5/h3H,1H2. The Morgan fingerprint density at radius 1 is 2.00 bits per heavy atom. The molecule has 0 aliphatic rings. The van der Waals surface area contributed by atoms with Gasteiger partial charge in [-0.3, -0.25) is 0 Å². The van der Waals surface area contributed by atoms with Crippen molar-refractivity contribution in [3.05, 3.63) is 0 Å². The number of hydrogen-bond donors (Lipinski definition) is 0. The largest absolute Gasteiger partial charge is 0.345 e. The maximum atomic E-state index is 10.8. The molecule has 0 bridgehead atoms. The van der Waals surface area contributed by atoms with Gasteiger partial charge in [0.2, 0.25) is 0 Å². The Kier molecular flexibility index (Phi) is 3.13. The zero-order valence-electron chi connectivity index (χ0n) is 2.74. The molecule has 5 heavy (non-hydrogen) atoms. The Labute approximate surface area is 30.7 Å². The topological polar surface area (TPSA) is 23.8 Å². The molecule has 0 fully saturated rings. The SMILES string of the molecule is N#CCBF. The normalized spacial score (nSPS) is 5.60. The van der Waals surface area contributed by atoms with Gasteiger partial charge in [-0.15, -0.1) is 0 Å². The van der Waals surface area contributed by atoms with Crippen LogP contribution in [0.3, 0.4) is 0 Å². The number of hydrogen-bond acceptors (Lipinski definition) is 1. The lowest BCUT2D eigenvalue weighted by molar-refractivity contribution is 0.870. The highest BCUT2D eigenvalue weighted by Gasteiger charge is 1.76. The Hall–Kier alpha value is -0.515. The fourth-order valence-corrected chi connectivity index (χ4v) is 0.0423. The maximum absolute atomic E-state index is 10.8. The molecule has 0 unspecified atom stereocenters. The smallest absolute Gasteiger partial charge is 0.340 e. The third-order valence-corrected chi connectivity index (χ3v) is 0.206. The average molecular weight is 70.9 g/mol. The molecule has 0 saturated carbocycles. The molecule has 0 radical (unpaired) electrons. The average Bonchev–Trinajstić information content (AvgIpc) is 1.41. The highest BCUT2D eigenvalue weighted by molar-refractivity contribution is 6.27. The zero-order valence-corrected chi connectivity index (χ0v) is 2.74. The van der Waals surface area contributed by atoms with E-state index in [0.717, 1.165) is 0 Å². The number of nitriles is 1. The van der Waals surface area contributed by atoms with Crippen molar-refractivity contribution in [3.63, 3.8) is 0 Å². The summed E-state index contributed by atoms with van der Waals surface area (Å²) in [5.74, 6) is 0. The van der Waals surface area contributed by atoms with Gasteiger partial charge in [0.1, 0.15) is 0 Å². The number of halogens is 1. The third kappa shape index (κ3) is 3.48. The van der Waals surface area contributed by atoms with E-state index in [1.54, 1.807) is 6.07 Å². The lowest BCUT2D eigenvalue weighted by Gasteiger charge is -1.58. The molecule has 0 aromatic rings. The molecule has 0 aliphatic carbocycles. The molecule has 26 valence electrons. The molecule has 0 aromatic carbocycles. The summed E-state index contributed by atoms with van der Waals surface area (Å²) in [6.07, 6.45) is 0.0278. The minimum absolute atomic E-state index is 0.0278. The van der Waals surface area contributed by atoms with Crippen LogP contribution in [0.4, 0.5) is 4.32 Å². The molecule has 1 nitrogen and oxygen atoms in total. The van der Waals surface area contributed by atoms with Gasteiger partial charge in [0, 0.05) is 6.32 Å². The summed E-state index contributed by atoms with van der Waals surface area (Å²) < 4.78 is 10.8. The molecular formula is C2H3BFN. The molecular weight excluding hydrogens is 67.8 g/mol. The van der Waals surface area contributed by atoms with E-state index in [9.17, 15) is 4.32 Å². The van der Waals surface area contributed by atoms with Gasteiger partial charge >= 0.3 is 7.56 Å². The molecule has 0 amide bonds. The van der Waals surface area contributed by atoms with Crippen LogP contribution in [0.1, 0.15) is 0 Å². The van der Waals surface area contributed by atoms with Gasteiger partial charge in [0.05, 0.1) is 6.07 Å². The number of nitrogens with zero attached hydrogens (tertiary/aromatic N) is 1. The molecule has 0 aliphatic heterocycles. The van der Waals surface area contributed by atoms with E-state index in [0.29, 0.717) is 0 Å². The molecule has 0 N–H and O–H groups in total. The van der Waals surface area contributed by atoms with Crippen LogP contribution in [0.5, 0.6) is 0 Å². The van der Waals surface area contributed by atoms with Crippen molar-refractivity contribution in [1.29, 1.82) is 5.26 Å². The Morgan fingerprint density at radius 3 is 2.60 bits per heavy atom. The van der Waals surface area contributed by atoms with Gasteiger partial charge in [-0.1, -0.05) is 0 Å². The summed E-state index contributed by atoms with van der Waals surface area (Å²) in [5, 5.41) is 7.58. The third-order valence-electron chi connectivity index (χ3n) is 0.206. The molecule has 0 aromatic heterocycles. The van der Waals surface area contributed by atoms with Crippen molar-refractivity contribution >= 4 is 7.56 Å². The quantitative estimate of drug-likeness (QED) is 0.406. The van der Waals surface area contributed by atoms with Gasteiger partial charge in [-0.2, -0.15) is 5.26 Å². The van der Waals surface area contributed by atoms with E-state index in [1.165, 1.54) is 0 Å². The highest BCUT2D eigenvalue weighted by atomic mass is 19.1. The monoisotopic (exact) mass is 71.0 g/mol. The van der Waals surface area contributed by atoms with Crippen LogP contribution in [0.25, 0.3) is 0 Å². The van der Waals surface area contributed by atoms with Crippen LogP contribution in [-0.2, 0) is 0 Å². The second-order valence-electron chi connectivity index (χ2n) is 0.597. The summed E-state index contributed by atoms with van der Waals surface area (Å²) in [7, 11) is -0.517. The predicted octanol–water partition coefficient (Wildman–Crippen LogP) is 0.249. The van der Waals surface area contributed by atoms with Crippen molar-refractivity contribution in [2.45, 2.75) is 6.32 Å². The van der Waals surface area contributed by atoms with Gasteiger partial charge < -0.3 is 4.32 Å². The highest BCUT2D eigenvalue weighted by Crippen LogP contribution is 1.68. The molecule has 0 heterocycles. The van der Waals surface area contributed by atoms with Gasteiger partial charge in [0.25, 0.3) is 0 Å². The molecule has 3 heteroatoms. The molecule has 0 saturated heterocycles. The summed E-state index contributed by atoms with van der Waals surface area (Å²) in [6, 6.07) is 1.64. The maximum Gasteiger partial charge on any atom is 0.345 e. The van der Waals surface area contributed by atoms with E-state index in [-0.39, 0.29) is 6.32 Å². The fraction of sp³-hybridized carbons (Fsp3) is 0.500. The van der Waals surface area contributed by atoms with Crippen molar-refractivity contribution in [2.75, 3.05) is 0 Å². The van der Waals surface area contributed by atoms with Crippen LogP contribution >= 0.6 is 0 Å². The van der Waals surface area contributed by atoms with E-state index >= 15 is 0 Å². The second-order valence-corrected chi connectivity index (χ2v) is 0.597. The van der Waals surface area contributed by atoms with Crippen LogP contribution in [-0.4, -0.2) is 7.56 Å². The molecule has 0 atom stereocenters. The summed E-state index contributed by atoms with van der Waals surface area (Å²) >= 11 is 0. The minimum atomic E-state index is -0.517. The van der Waals surface area contributed by atoms with Crippen LogP contribution in [0, 0.1) is 11.3 Å². The van der Waals surface area contributed by atoms with Crippen LogP contribution in [0.15, 0.2) is 0 Å². The number of rotatable bonds is 1. The van der Waals surface area contributed by atoms with Crippen molar-refractivity contribution in [1.82, 2.24) is 0 Å². The summed E-state index contributed by atoms with van der Waals surface area (Å²) in [4.78, 5) is 0. The van der Waals surface area contributed by atoms with Crippen molar-refractivity contribution < 1.29 is 4.32 Å². The Bertz CT molecular complexity index is 48.1. The van der Waals surface area contributed by atoms with Gasteiger partial charge in [-0.25, -0.2) is 0 Å². The van der Waals surface area contributed by atoms with Gasteiger partial charge in [0.15, 0.2) is 0 Å². The van der Waals surface area contributed by atoms with E-state index in [1.807, 2.05) is 0 Å². The predicted molar refractivity (Wildman–Crippen MR) is 18.7 cm³/mol. The fourth-order valence-electron chi connectivity index (χ4n) is 0.0423.